The van der Waals surface area contributed by atoms with Crippen molar-refractivity contribution in [3.05, 3.63) is 34.3 Å². The Kier molecular flexibility index (Phi) is 3.76. The van der Waals surface area contributed by atoms with Crippen LogP contribution >= 0.6 is 23.2 Å². The van der Waals surface area contributed by atoms with Gasteiger partial charge in [0.05, 0.1) is 0 Å². The van der Waals surface area contributed by atoms with Crippen LogP contribution in [0.5, 0.6) is 0 Å². The van der Waals surface area contributed by atoms with Crippen molar-refractivity contribution in [2.45, 2.75) is 13.3 Å². The number of benzene rings is 1. The molecule has 1 rings (SSSR count). The Morgan fingerprint density at radius 1 is 1.38 bits per heavy atom. The van der Waals surface area contributed by atoms with Gasteiger partial charge in [0.25, 0.3) is 0 Å². The minimum absolute atomic E-state index is 0.0422. The summed E-state index contributed by atoms with van der Waals surface area (Å²) >= 11 is 11.3. The predicted octanol–water partition coefficient (Wildman–Crippen LogP) is 3.46. The molecule has 0 aliphatic rings. The molecular formula is C10H10Cl2O. The number of halogens is 2. The number of ketones is 1. The van der Waals surface area contributed by atoms with Crippen LogP contribution in [0.4, 0.5) is 0 Å². The normalized spacial score (nSPS) is 10.1. The maximum atomic E-state index is 11.4. The lowest BCUT2D eigenvalue weighted by atomic mass is 10.1. The molecule has 0 aliphatic carbocycles. The van der Waals surface area contributed by atoms with Gasteiger partial charge in [0.15, 0.2) is 5.78 Å². The highest BCUT2D eigenvalue weighted by atomic mass is 35.5. The van der Waals surface area contributed by atoms with Gasteiger partial charge in [-0.05, 0) is 30.7 Å². The predicted molar refractivity (Wildman–Crippen MR) is 55.9 cm³/mol. The third kappa shape index (κ3) is 3.02. The van der Waals surface area contributed by atoms with Crippen molar-refractivity contribution < 1.29 is 4.79 Å². The first kappa shape index (κ1) is 10.6. The van der Waals surface area contributed by atoms with Crippen LogP contribution in [-0.2, 0) is 0 Å². The molecular weight excluding hydrogens is 207 g/mol. The van der Waals surface area contributed by atoms with E-state index in [1.54, 1.807) is 6.07 Å². The summed E-state index contributed by atoms with van der Waals surface area (Å²) in [5.41, 5.74) is 1.64. The van der Waals surface area contributed by atoms with Crippen molar-refractivity contribution in [2.24, 2.45) is 0 Å². The molecule has 0 atom stereocenters. The lowest BCUT2D eigenvalue weighted by molar-refractivity contribution is 0.0989. The van der Waals surface area contributed by atoms with Crippen LogP contribution in [0.15, 0.2) is 18.2 Å². The topological polar surface area (TPSA) is 17.1 Å². The minimum Gasteiger partial charge on any atom is -0.294 e. The molecule has 1 aromatic carbocycles. The van der Waals surface area contributed by atoms with Crippen molar-refractivity contribution in [1.82, 2.24) is 0 Å². The fraction of sp³-hybridized carbons (Fsp3) is 0.300. The third-order valence-corrected chi connectivity index (χ3v) is 2.09. The van der Waals surface area contributed by atoms with E-state index in [1.165, 1.54) is 0 Å². The lowest BCUT2D eigenvalue weighted by Crippen LogP contribution is -1.99. The quantitative estimate of drug-likeness (QED) is 0.559. The molecule has 13 heavy (non-hydrogen) atoms. The maximum Gasteiger partial charge on any atom is 0.164 e. The van der Waals surface area contributed by atoms with Gasteiger partial charge in [-0.3, -0.25) is 4.79 Å². The summed E-state index contributed by atoms with van der Waals surface area (Å²) < 4.78 is 0. The van der Waals surface area contributed by atoms with E-state index in [0.29, 0.717) is 22.9 Å². The van der Waals surface area contributed by atoms with Crippen LogP contribution in [0.3, 0.4) is 0 Å². The Hall–Kier alpha value is -0.530. The maximum absolute atomic E-state index is 11.4. The summed E-state index contributed by atoms with van der Waals surface area (Å²) in [4.78, 5) is 11.4. The molecule has 0 aliphatic heterocycles. The van der Waals surface area contributed by atoms with Crippen LogP contribution in [0.25, 0.3) is 0 Å². The Morgan fingerprint density at radius 3 is 2.62 bits per heavy atom. The van der Waals surface area contributed by atoms with Crippen molar-refractivity contribution in [3.8, 4) is 0 Å². The average molecular weight is 217 g/mol. The number of aryl methyl sites for hydroxylation is 1. The van der Waals surface area contributed by atoms with Gasteiger partial charge in [-0.2, -0.15) is 0 Å². The van der Waals surface area contributed by atoms with Crippen molar-refractivity contribution in [2.75, 3.05) is 5.88 Å². The zero-order valence-electron chi connectivity index (χ0n) is 7.31. The van der Waals surface area contributed by atoms with Gasteiger partial charge in [0.2, 0.25) is 0 Å². The smallest absolute Gasteiger partial charge is 0.164 e. The number of carbonyl (C=O) groups is 1. The first-order valence-corrected chi connectivity index (χ1v) is 4.91. The highest BCUT2D eigenvalue weighted by molar-refractivity contribution is 6.31. The van der Waals surface area contributed by atoms with Crippen molar-refractivity contribution in [3.63, 3.8) is 0 Å². The first-order valence-electron chi connectivity index (χ1n) is 4.00. The lowest BCUT2D eigenvalue weighted by Gasteiger charge is -2.01. The van der Waals surface area contributed by atoms with E-state index in [1.807, 2.05) is 19.1 Å². The van der Waals surface area contributed by atoms with Gasteiger partial charge in [-0.25, -0.2) is 0 Å². The van der Waals surface area contributed by atoms with Crippen LogP contribution in [-0.4, -0.2) is 11.7 Å². The van der Waals surface area contributed by atoms with Crippen LogP contribution < -0.4 is 0 Å². The van der Waals surface area contributed by atoms with E-state index >= 15 is 0 Å². The number of carbonyl (C=O) groups excluding carboxylic acids is 1. The number of hydrogen-bond donors (Lipinski definition) is 0. The van der Waals surface area contributed by atoms with Crippen LogP contribution in [0.2, 0.25) is 5.02 Å². The van der Waals surface area contributed by atoms with E-state index < -0.39 is 0 Å². The molecule has 0 spiro atoms. The second kappa shape index (κ2) is 4.64. The summed E-state index contributed by atoms with van der Waals surface area (Å²) in [7, 11) is 0. The van der Waals surface area contributed by atoms with Gasteiger partial charge < -0.3 is 0 Å². The van der Waals surface area contributed by atoms with Gasteiger partial charge in [-0.15, -0.1) is 11.6 Å². The highest BCUT2D eigenvalue weighted by Crippen LogP contribution is 2.15. The van der Waals surface area contributed by atoms with E-state index in [4.69, 9.17) is 23.2 Å². The highest BCUT2D eigenvalue weighted by Gasteiger charge is 2.05. The van der Waals surface area contributed by atoms with Crippen LogP contribution in [0.1, 0.15) is 22.3 Å². The SMILES string of the molecule is Cc1cc(Cl)cc(C(=O)CCCl)c1. The number of alkyl halides is 1. The fourth-order valence-corrected chi connectivity index (χ4v) is 1.59. The second-order valence-electron chi connectivity index (χ2n) is 2.88. The number of Topliss-reactive ketones (excluding diaryl/α,β-unsaturated/α-hetero) is 1. The monoisotopic (exact) mass is 216 g/mol. The number of rotatable bonds is 3. The summed E-state index contributed by atoms with van der Waals surface area (Å²) in [5, 5.41) is 0.595. The molecule has 0 N–H and O–H groups in total. The molecule has 1 aromatic rings. The standard InChI is InChI=1S/C10H10Cl2O/c1-7-4-8(6-9(12)5-7)10(13)2-3-11/h4-6H,2-3H2,1H3. The summed E-state index contributed by atoms with van der Waals surface area (Å²) in [6.07, 6.45) is 0.362. The fourth-order valence-electron chi connectivity index (χ4n) is 1.13. The third-order valence-electron chi connectivity index (χ3n) is 1.69. The largest absolute Gasteiger partial charge is 0.294 e. The minimum atomic E-state index is 0.0422. The molecule has 0 fully saturated rings. The Morgan fingerprint density at radius 2 is 2.08 bits per heavy atom. The molecule has 70 valence electrons. The second-order valence-corrected chi connectivity index (χ2v) is 3.69. The van der Waals surface area contributed by atoms with E-state index in [0.717, 1.165) is 5.56 Å². The van der Waals surface area contributed by atoms with E-state index in [2.05, 4.69) is 0 Å². The first-order chi connectivity index (χ1) is 6.13. The zero-order valence-corrected chi connectivity index (χ0v) is 8.82. The Bertz CT molecular complexity index is 300. The van der Waals surface area contributed by atoms with Gasteiger partial charge in [0.1, 0.15) is 0 Å². The van der Waals surface area contributed by atoms with Gasteiger partial charge in [0, 0.05) is 22.9 Å². The van der Waals surface area contributed by atoms with Crippen molar-refractivity contribution in [1.29, 1.82) is 0 Å². The Labute approximate surface area is 87.7 Å². The zero-order chi connectivity index (χ0) is 9.84. The average Bonchev–Trinajstić information content (AvgIpc) is 2.03. The molecule has 0 bridgehead atoms. The van der Waals surface area contributed by atoms with Crippen molar-refractivity contribution >= 4 is 29.0 Å². The van der Waals surface area contributed by atoms with E-state index in [-0.39, 0.29) is 5.78 Å². The molecule has 0 unspecified atom stereocenters. The summed E-state index contributed by atoms with van der Waals surface area (Å²) in [6.45, 7) is 1.91. The molecule has 0 saturated heterocycles. The number of hydrogen-bond acceptors (Lipinski definition) is 1. The Balaban J connectivity index is 2.94. The molecule has 0 saturated carbocycles. The van der Waals surface area contributed by atoms with Gasteiger partial charge >= 0.3 is 0 Å². The molecule has 0 radical (unpaired) electrons. The molecule has 1 nitrogen and oxygen atoms in total. The van der Waals surface area contributed by atoms with Gasteiger partial charge in [-0.1, -0.05) is 11.6 Å². The molecule has 3 heteroatoms. The molecule has 0 amide bonds. The summed E-state index contributed by atoms with van der Waals surface area (Å²) in [6, 6.07) is 5.31. The van der Waals surface area contributed by atoms with E-state index in [9.17, 15) is 4.79 Å². The van der Waals surface area contributed by atoms with Crippen LogP contribution in [0, 0.1) is 6.92 Å². The molecule has 0 heterocycles. The molecule has 0 aromatic heterocycles. The summed E-state index contributed by atoms with van der Waals surface area (Å²) in [5.74, 6) is 0.394.